The van der Waals surface area contributed by atoms with E-state index < -0.39 is 5.60 Å². The number of piperidine rings is 3. The minimum absolute atomic E-state index is 0. The van der Waals surface area contributed by atoms with Gasteiger partial charge in [-0.25, -0.2) is 0 Å². The zero-order chi connectivity index (χ0) is 13.6. The highest BCUT2D eigenvalue weighted by molar-refractivity contribution is 7.11. The fraction of sp³-hybridized carbons (Fsp3) is 0.500. The van der Waals surface area contributed by atoms with Crippen molar-refractivity contribution in [1.82, 2.24) is 4.90 Å². The zero-order valence-electron chi connectivity index (χ0n) is 11.4. The molecule has 3 aliphatic heterocycles. The molecular formula is C16H21NOS2. The molecule has 5 heterocycles. The molecule has 1 unspecified atom stereocenters. The van der Waals surface area contributed by atoms with Crippen LogP contribution < -0.4 is 0 Å². The van der Waals surface area contributed by atoms with Crippen LogP contribution in [-0.2, 0) is 5.60 Å². The molecular weight excluding hydrogens is 286 g/mol. The van der Waals surface area contributed by atoms with Gasteiger partial charge in [-0.1, -0.05) is 12.1 Å². The quantitative estimate of drug-likeness (QED) is 0.936. The average molecular weight is 307 g/mol. The van der Waals surface area contributed by atoms with Crippen molar-refractivity contribution >= 4 is 22.7 Å². The third-order valence-electron chi connectivity index (χ3n) is 4.99. The van der Waals surface area contributed by atoms with Crippen molar-refractivity contribution in [2.45, 2.75) is 18.4 Å². The number of thiophene rings is 2. The van der Waals surface area contributed by atoms with Gasteiger partial charge in [-0.2, -0.15) is 0 Å². The van der Waals surface area contributed by atoms with E-state index in [2.05, 4.69) is 39.9 Å². The molecule has 2 bridgehead atoms. The lowest BCUT2D eigenvalue weighted by Gasteiger charge is -2.50. The van der Waals surface area contributed by atoms with Gasteiger partial charge in [-0.15, -0.1) is 22.7 Å². The fourth-order valence-corrected chi connectivity index (χ4v) is 5.78. The lowest BCUT2D eigenvalue weighted by Crippen LogP contribution is -2.55. The first-order chi connectivity index (χ1) is 9.78. The molecule has 1 atom stereocenters. The molecule has 2 aromatic rings. The Hall–Kier alpha value is -0.680. The van der Waals surface area contributed by atoms with Crippen molar-refractivity contribution in [2.24, 2.45) is 11.8 Å². The number of hydrogen-bond acceptors (Lipinski definition) is 4. The van der Waals surface area contributed by atoms with Crippen LogP contribution in [0.5, 0.6) is 0 Å². The Kier molecular flexibility index (Phi) is 3.22. The summed E-state index contributed by atoms with van der Waals surface area (Å²) in [4.78, 5) is 4.74. The van der Waals surface area contributed by atoms with Crippen molar-refractivity contribution < 1.29 is 6.53 Å². The molecule has 0 radical (unpaired) electrons. The van der Waals surface area contributed by atoms with E-state index in [1.807, 2.05) is 0 Å². The van der Waals surface area contributed by atoms with Crippen LogP contribution >= 0.6 is 22.7 Å². The lowest BCUT2D eigenvalue weighted by molar-refractivity contribution is -0.0725. The second kappa shape index (κ2) is 4.95. The number of aliphatic hydroxyl groups is 1. The third-order valence-corrected chi connectivity index (χ3v) is 6.98. The average Bonchev–Trinajstić information content (AvgIpc) is 3.21. The Morgan fingerprint density at radius 3 is 2.10 bits per heavy atom. The second-order valence-corrected chi connectivity index (χ2v) is 7.86. The fourth-order valence-electron chi connectivity index (χ4n) is 3.92. The van der Waals surface area contributed by atoms with E-state index in [-0.39, 0.29) is 1.43 Å². The summed E-state index contributed by atoms with van der Waals surface area (Å²) in [6.07, 6.45) is 2.48. The first-order valence-electron chi connectivity index (χ1n) is 7.31. The highest BCUT2D eigenvalue weighted by Crippen LogP contribution is 2.49. The molecule has 2 nitrogen and oxygen atoms in total. The molecule has 3 aliphatic rings. The minimum atomic E-state index is -0.786. The summed E-state index contributed by atoms with van der Waals surface area (Å²) >= 11 is 3.37. The third kappa shape index (κ3) is 1.90. The van der Waals surface area contributed by atoms with Gasteiger partial charge >= 0.3 is 0 Å². The van der Waals surface area contributed by atoms with E-state index in [1.165, 1.54) is 25.9 Å². The molecule has 0 saturated carbocycles. The van der Waals surface area contributed by atoms with E-state index >= 15 is 0 Å². The summed E-state index contributed by atoms with van der Waals surface area (Å²) in [5.74, 6) is 0.997. The molecule has 4 heteroatoms. The van der Waals surface area contributed by atoms with Crippen LogP contribution in [0.15, 0.2) is 35.0 Å². The molecule has 1 N–H and O–H groups in total. The van der Waals surface area contributed by atoms with E-state index in [4.69, 9.17) is 0 Å². The smallest absolute Gasteiger partial charge is 0.137 e. The van der Waals surface area contributed by atoms with Gasteiger partial charge in [-0.05, 0) is 54.7 Å². The number of hydrogen-bond donors (Lipinski definition) is 1. The van der Waals surface area contributed by atoms with E-state index in [1.54, 1.807) is 22.7 Å². The van der Waals surface area contributed by atoms with Crippen molar-refractivity contribution in [3.8, 4) is 0 Å². The van der Waals surface area contributed by atoms with Crippen molar-refractivity contribution in [2.75, 3.05) is 19.6 Å². The van der Waals surface area contributed by atoms with Crippen LogP contribution in [0.25, 0.3) is 0 Å². The maximum atomic E-state index is 11.7. The topological polar surface area (TPSA) is 23.5 Å². The molecule has 3 saturated heterocycles. The van der Waals surface area contributed by atoms with Crippen LogP contribution in [0, 0.1) is 11.8 Å². The molecule has 108 valence electrons. The summed E-state index contributed by atoms with van der Waals surface area (Å²) in [7, 11) is 0. The largest absolute Gasteiger partial charge is 0.378 e. The molecule has 2 aromatic heterocycles. The maximum absolute atomic E-state index is 11.7. The van der Waals surface area contributed by atoms with Crippen molar-refractivity contribution in [3.05, 3.63) is 44.8 Å². The highest BCUT2D eigenvalue weighted by Gasteiger charge is 2.49. The molecule has 0 aliphatic carbocycles. The van der Waals surface area contributed by atoms with Gasteiger partial charge in [-0.3, -0.25) is 0 Å². The van der Waals surface area contributed by atoms with Crippen LogP contribution in [0.3, 0.4) is 0 Å². The van der Waals surface area contributed by atoms with E-state index in [9.17, 15) is 5.11 Å². The van der Waals surface area contributed by atoms with Crippen molar-refractivity contribution in [3.63, 3.8) is 0 Å². The first-order valence-corrected chi connectivity index (χ1v) is 9.07. The lowest BCUT2D eigenvalue weighted by atomic mass is 9.69. The van der Waals surface area contributed by atoms with Crippen LogP contribution in [0.2, 0.25) is 0 Å². The SMILES string of the molecule is OC(c1cccs1)(c1cccs1)C1CN2CCC1CC2.[HH]. The van der Waals surface area contributed by atoms with Crippen LogP contribution in [0.1, 0.15) is 24.0 Å². The van der Waals surface area contributed by atoms with Gasteiger partial charge in [0.1, 0.15) is 5.60 Å². The van der Waals surface area contributed by atoms with Crippen molar-refractivity contribution in [1.29, 1.82) is 0 Å². The standard InChI is InChI=1S/C16H19NOS2.H2/c18-16(14-3-1-9-19-14,15-4-2-10-20-15)13-11-17-7-5-12(13)6-8-17;/h1-4,9-10,12-13,18H,5-8,11H2;1H. The van der Waals surface area contributed by atoms with Gasteiger partial charge in [0.15, 0.2) is 0 Å². The van der Waals surface area contributed by atoms with Crippen LogP contribution in [0.4, 0.5) is 0 Å². The summed E-state index contributed by atoms with van der Waals surface area (Å²) in [6, 6.07) is 8.31. The molecule has 3 fully saturated rings. The first kappa shape index (κ1) is 13.0. The van der Waals surface area contributed by atoms with Gasteiger partial charge in [0.05, 0.1) is 0 Å². The number of rotatable bonds is 3. The summed E-state index contributed by atoms with van der Waals surface area (Å²) in [5, 5.41) is 15.8. The zero-order valence-corrected chi connectivity index (χ0v) is 13.0. The summed E-state index contributed by atoms with van der Waals surface area (Å²) in [5.41, 5.74) is -0.786. The predicted octanol–water partition coefficient (Wildman–Crippen LogP) is 3.63. The Bertz CT molecular complexity index is 527. The molecule has 20 heavy (non-hydrogen) atoms. The number of fused-ring (bicyclic) bond motifs is 3. The van der Waals surface area contributed by atoms with Crippen LogP contribution in [-0.4, -0.2) is 29.6 Å². The van der Waals surface area contributed by atoms with Gasteiger partial charge in [0.25, 0.3) is 0 Å². The molecule has 0 aromatic carbocycles. The Morgan fingerprint density at radius 2 is 1.70 bits per heavy atom. The monoisotopic (exact) mass is 307 g/mol. The van der Waals surface area contributed by atoms with Gasteiger partial charge in [0.2, 0.25) is 0 Å². The Labute approximate surface area is 129 Å². The Balaban J connectivity index is 0.00000132. The maximum Gasteiger partial charge on any atom is 0.137 e. The summed E-state index contributed by atoms with van der Waals surface area (Å²) in [6.45, 7) is 3.47. The molecule has 5 rings (SSSR count). The predicted molar refractivity (Wildman–Crippen MR) is 86.4 cm³/mol. The van der Waals surface area contributed by atoms with E-state index in [0.29, 0.717) is 11.8 Å². The minimum Gasteiger partial charge on any atom is -0.378 e. The summed E-state index contributed by atoms with van der Waals surface area (Å²) < 4.78 is 0. The normalized spacial score (nSPS) is 29.8. The van der Waals surface area contributed by atoms with E-state index in [0.717, 1.165) is 16.3 Å². The Morgan fingerprint density at radius 1 is 1.10 bits per heavy atom. The second-order valence-electron chi connectivity index (χ2n) is 5.97. The molecule has 0 amide bonds. The van der Waals surface area contributed by atoms with Gasteiger partial charge < -0.3 is 10.0 Å². The number of nitrogens with zero attached hydrogens (tertiary/aromatic N) is 1. The van der Waals surface area contributed by atoms with Gasteiger partial charge in [0, 0.05) is 23.6 Å². The highest BCUT2D eigenvalue weighted by atomic mass is 32.1. The molecule has 0 spiro atoms.